The van der Waals surface area contributed by atoms with Crippen LogP contribution in [0.25, 0.3) is 10.2 Å². The highest BCUT2D eigenvalue weighted by atomic mass is 32.1. The van der Waals surface area contributed by atoms with Gasteiger partial charge in [0.15, 0.2) is 0 Å². The molecule has 0 saturated carbocycles. The van der Waals surface area contributed by atoms with Crippen LogP contribution in [0.5, 0.6) is 0 Å². The molecule has 0 N–H and O–H groups in total. The van der Waals surface area contributed by atoms with Gasteiger partial charge in [-0.3, -0.25) is 19.1 Å². The van der Waals surface area contributed by atoms with Crippen molar-refractivity contribution in [3.05, 3.63) is 26.6 Å². The zero-order valence-electron chi connectivity index (χ0n) is 19.4. The molecule has 31 heavy (non-hydrogen) atoms. The van der Waals surface area contributed by atoms with Crippen LogP contribution in [0.15, 0.2) is 4.79 Å². The number of amides is 1. The number of aryl methyl sites for hydroxylation is 2. The minimum Gasteiger partial charge on any atom is -0.342 e. The molecule has 2 aliphatic rings. The lowest BCUT2D eigenvalue weighted by Gasteiger charge is -2.35. The number of hydrogen-bond donors (Lipinski definition) is 0. The Morgan fingerprint density at radius 3 is 2.48 bits per heavy atom. The van der Waals surface area contributed by atoms with Gasteiger partial charge in [0, 0.05) is 30.4 Å². The molecule has 6 nitrogen and oxygen atoms in total. The van der Waals surface area contributed by atoms with E-state index in [9.17, 15) is 9.59 Å². The second kappa shape index (κ2) is 9.41. The molecule has 2 fully saturated rings. The topological polar surface area (TPSA) is 58.4 Å². The van der Waals surface area contributed by atoms with Gasteiger partial charge in [-0.1, -0.05) is 26.7 Å². The molecule has 4 heterocycles. The quantitative estimate of drug-likeness (QED) is 0.708. The summed E-state index contributed by atoms with van der Waals surface area (Å²) in [6.45, 7) is 12.2. The first-order chi connectivity index (χ1) is 14.9. The lowest BCUT2D eigenvalue weighted by atomic mass is 10.0. The molecule has 1 atom stereocenters. The van der Waals surface area contributed by atoms with E-state index in [0.29, 0.717) is 6.54 Å². The molecule has 2 saturated heterocycles. The molecule has 0 unspecified atom stereocenters. The highest BCUT2D eigenvalue weighted by molar-refractivity contribution is 7.18. The molecular formula is C24H36N4O2S. The first-order valence-electron chi connectivity index (χ1n) is 11.9. The molecule has 170 valence electrons. The van der Waals surface area contributed by atoms with E-state index in [2.05, 4.69) is 25.7 Å². The average molecular weight is 445 g/mol. The predicted octanol–water partition coefficient (Wildman–Crippen LogP) is 4.24. The second-order valence-corrected chi connectivity index (χ2v) is 10.8. The number of thiophene rings is 1. The molecule has 4 rings (SSSR count). The maximum absolute atomic E-state index is 13.6. The van der Waals surface area contributed by atoms with Gasteiger partial charge in [-0.2, -0.15) is 0 Å². The molecular weight excluding hydrogens is 408 g/mol. The van der Waals surface area contributed by atoms with Crippen LogP contribution in [0.3, 0.4) is 0 Å². The highest BCUT2D eigenvalue weighted by Gasteiger charge is 2.29. The van der Waals surface area contributed by atoms with Crippen molar-refractivity contribution in [2.45, 2.75) is 78.2 Å². The second-order valence-electron chi connectivity index (χ2n) is 9.59. The number of hydrogen-bond acceptors (Lipinski definition) is 5. The minimum absolute atomic E-state index is 0.0760. The number of likely N-dealkylation sites (tertiary alicyclic amines) is 2. The number of carbonyl (C=O) groups is 1. The highest BCUT2D eigenvalue weighted by Crippen LogP contribution is 2.30. The fourth-order valence-corrected chi connectivity index (χ4v) is 6.11. The summed E-state index contributed by atoms with van der Waals surface area (Å²) < 4.78 is 1.97. The molecule has 0 aliphatic carbocycles. The van der Waals surface area contributed by atoms with E-state index in [1.807, 2.05) is 16.4 Å². The minimum atomic E-state index is 0.0760. The van der Waals surface area contributed by atoms with Crippen molar-refractivity contribution < 1.29 is 4.79 Å². The van der Waals surface area contributed by atoms with Crippen molar-refractivity contribution >= 4 is 27.5 Å². The first-order valence-corrected chi connectivity index (χ1v) is 12.7. The third-order valence-corrected chi connectivity index (χ3v) is 8.04. The molecule has 1 amide bonds. The molecule has 0 bridgehead atoms. The summed E-state index contributed by atoms with van der Waals surface area (Å²) in [5, 5.41) is 0.782. The van der Waals surface area contributed by atoms with Gasteiger partial charge in [0.25, 0.3) is 5.56 Å². The first kappa shape index (κ1) is 22.5. The number of fused-ring (bicyclic) bond motifs is 1. The molecule has 7 heteroatoms. The zero-order chi connectivity index (χ0) is 22.1. The van der Waals surface area contributed by atoms with Crippen LogP contribution in [-0.4, -0.2) is 58.0 Å². The van der Waals surface area contributed by atoms with Gasteiger partial charge in [0.05, 0.1) is 18.0 Å². The van der Waals surface area contributed by atoms with Gasteiger partial charge in [-0.15, -0.1) is 11.3 Å². The summed E-state index contributed by atoms with van der Waals surface area (Å²) in [6.07, 6.45) is 6.66. The third-order valence-electron chi connectivity index (χ3n) is 6.94. The summed E-state index contributed by atoms with van der Waals surface area (Å²) >= 11 is 1.62. The van der Waals surface area contributed by atoms with Crippen molar-refractivity contribution in [2.24, 2.45) is 0 Å². The van der Waals surface area contributed by atoms with Crippen LogP contribution in [-0.2, 0) is 4.79 Å². The Kier molecular flexibility index (Phi) is 6.82. The van der Waals surface area contributed by atoms with Crippen LogP contribution < -0.4 is 5.56 Å². The van der Waals surface area contributed by atoms with E-state index < -0.39 is 0 Å². The lowest BCUT2D eigenvalue weighted by molar-refractivity contribution is -0.132. The molecule has 0 radical (unpaired) electrons. The number of nitrogens with zero attached hydrogens (tertiary/aromatic N) is 4. The average Bonchev–Trinajstić information content (AvgIpc) is 2.91. The molecule has 2 aromatic heterocycles. The van der Waals surface area contributed by atoms with Crippen LogP contribution >= 0.6 is 11.3 Å². The monoisotopic (exact) mass is 444 g/mol. The number of piperidine rings is 1. The van der Waals surface area contributed by atoms with Crippen LogP contribution in [0.4, 0.5) is 0 Å². The number of carbonyl (C=O) groups excluding carboxylic acids is 1. The largest absolute Gasteiger partial charge is 0.342 e. The zero-order valence-corrected chi connectivity index (χ0v) is 20.3. The summed E-state index contributed by atoms with van der Waals surface area (Å²) in [4.78, 5) is 37.9. The Balaban J connectivity index is 1.59. The molecule has 2 aliphatic heterocycles. The van der Waals surface area contributed by atoms with E-state index in [1.165, 1.54) is 17.7 Å². The van der Waals surface area contributed by atoms with Crippen molar-refractivity contribution in [2.75, 3.05) is 32.7 Å². The maximum atomic E-state index is 13.6. The third kappa shape index (κ3) is 4.58. The SMILES string of the molecule is Cc1sc2nc(C(C)C)n([C@H]3CCCN(CC(=O)N4CCCCCC4)C3)c(=O)c2c1C. The number of aromatic nitrogens is 2. The summed E-state index contributed by atoms with van der Waals surface area (Å²) in [7, 11) is 0. The number of rotatable bonds is 4. The maximum Gasteiger partial charge on any atom is 0.262 e. The van der Waals surface area contributed by atoms with Gasteiger partial charge in [-0.05, 0) is 51.6 Å². The van der Waals surface area contributed by atoms with Crippen molar-refractivity contribution in [1.29, 1.82) is 0 Å². The van der Waals surface area contributed by atoms with E-state index in [4.69, 9.17) is 4.98 Å². The standard InChI is InChI=1S/C24H36N4O2S/c1-16(2)22-25-23-21(17(3)18(4)31-23)24(30)28(22)19-10-9-11-26(14-19)15-20(29)27-12-7-5-6-8-13-27/h16,19H,5-15H2,1-4H3/t19-/m0/s1. The Bertz CT molecular complexity index is 1000. The van der Waals surface area contributed by atoms with Crippen molar-refractivity contribution in [3.63, 3.8) is 0 Å². The predicted molar refractivity (Wildman–Crippen MR) is 127 cm³/mol. The van der Waals surface area contributed by atoms with Gasteiger partial charge in [0.2, 0.25) is 5.91 Å². The smallest absolute Gasteiger partial charge is 0.262 e. The molecule has 2 aromatic rings. The Morgan fingerprint density at radius 1 is 1.10 bits per heavy atom. The normalized spacial score (nSPS) is 21.1. The van der Waals surface area contributed by atoms with Crippen LogP contribution in [0, 0.1) is 13.8 Å². The Hall–Kier alpha value is -1.73. The van der Waals surface area contributed by atoms with Gasteiger partial charge >= 0.3 is 0 Å². The fourth-order valence-electron chi connectivity index (χ4n) is 5.08. The Morgan fingerprint density at radius 2 is 1.81 bits per heavy atom. The molecule has 0 aromatic carbocycles. The fraction of sp³-hybridized carbons (Fsp3) is 0.708. The van der Waals surface area contributed by atoms with E-state index >= 15 is 0 Å². The summed E-state index contributed by atoms with van der Waals surface area (Å²) in [5.41, 5.74) is 1.16. The van der Waals surface area contributed by atoms with Crippen molar-refractivity contribution in [3.8, 4) is 0 Å². The van der Waals surface area contributed by atoms with Crippen LogP contribution in [0.1, 0.15) is 80.6 Å². The Labute approximate surface area is 189 Å². The van der Waals surface area contributed by atoms with Gasteiger partial charge < -0.3 is 4.90 Å². The van der Waals surface area contributed by atoms with Crippen LogP contribution in [0.2, 0.25) is 0 Å². The van der Waals surface area contributed by atoms with E-state index in [-0.39, 0.29) is 23.4 Å². The van der Waals surface area contributed by atoms with Gasteiger partial charge in [0.1, 0.15) is 10.7 Å². The lowest BCUT2D eigenvalue weighted by Crippen LogP contribution is -2.46. The molecule has 0 spiro atoms. The summed E-state index contributed by atoms with van der Waals surface area (Å²) in [6, 6.07) is 0.0760. The van der Waals surface area contributed by atoms with E-state index in [0.717, 1.165) is 73.5 Å². The summed E-state index contributed by atoms with van der Waals surface area (Å²) in [5.74, 6) is 1.30. The van der Waals surface area contributed by atoms with Crippen molar-refractivity contribution in [1.82, 2.24) is 19.4 Å². The van der Waals surface area contributed by atoms with Gasteiger partial charge in [-0.25, -0.2) is 4.98 Å². The van der Waals surface area contributed by atoms with E-state index in [1.54, 1.807) is 11.3 Å².